The molecule has 0 fully saturated rings. The van der Waals surface area contributed by atoms with Crippen LogP contribution in [0.5, 0.6) is 0 Å². The third-order valence-electron chi connectivity index (χ3n) is 3.83. The monoisotopic (exact) mass is 288 g/mol. The number of unbranched alkanes of at least 4 members (excludes halogenated alkanes) is 2. The molecule has 2 aromatic carbocycles. The van der Waals surface area contributed by atoms with Crippen molar-refractivity contribution < 1.29 is 9.59 Å². The summed E-state index contributed by atoms with van der Waals surface area (Å²) in [5.41, 5.74) is 2.53. The molecule has 0 aromatic heterocycles. The van der Waals surface area contributed by atoms with Crippen LogP contribution in [-0.2, 0) is 0 Å². The van der Waals surface area contributed by atoms with E-state index < -0.39 is 0 Å². The topological polar surface area (TPSA) is 34.1 Å². The Balaban J connectivity index is 2.10. The van der Waals surface area contributed by atoms with Crippen molar-refractivity contribution in [2.75, 3.05) is 0 Å². The molecule has 3 rings (SSSR count). The van der Waals surface area contributed by atoms with E-state index in [0.717, 1.165) is 19.3 Å². The molecule has 1 aliphatic rings. The predicted molar refractivity (Wildman–Crippen MR) is 86.2 cm³/mol. The molecule has 108 valence electrons. The molecule has 0 amide bonds. The molecule has 1 aliphatic carbocycles. The van der Waals surface area contributed by atoms with Crippen molar-refractivity contribution in [1.82, 2.24) is 0 Å². The molecule has 2 aromatic rings. The highest BCUT2D eigenvalue weighted by molar-refractivity contribution is 6.29. The van der Waals surface area contributed by atoms with Gasteiger partial charge in [-0.3, -0.25) is 9.59 Å². The van der Waals surface area contributed by atoms with Crippen LogP contribution in [0.15, 0.2) is 42.5 Å². The Morgan fingerprint density at radius 2 is 1.55 bits per heavy atom. The molecule has 0 saturated heterocycles. The van der Waals surface area contributed by atoms with Gasteiger partial charge in [-0.25, -0.2) is 0 Å². The summed E-state index contributed by atoms with van der Waals surface area (Å²) < 4.78 is 0. The lowest BCUT2D eigenvalue weighted by atomic mass is 9.82. The fraction of sp³-hybridized carbons (Fsp3) is 0.200. The van der Waals surface area contributed by atoms with Crippen LogP contribution in [0.3, 0.4) is 0 Å². The minimum absolute atomic E-state index is 0.0950. The van der Waals surface area contributed by atoms with Crippen molar-refractivity contribution in [3.8, 4) is 11.8 Å². The molecule has 2 nitrogen and oxygen atoms in total. The normalized spacial score (nSPS) is 12.2. The molecule has 0 radical (unpaired) electrons. The number of hydrogen-bond acceptors (Lipinski definition) is 2. The van der Waals surface area contributed by atoms with Gasteiger partial charge in [0.1, 0.15) is 0 Å². The van der Waals surface area contributed by atoms with E-state index in [1.165, 1.54) is 0 Å². The van der Waals surface area contributed by atoms with Crippen LogP contribution in [0.2, 0.25) is 0 Å². The second kappa shape index (κ2) is 5.99. The highest BCUT2D eigenvalue weighted by Gasteiger charge is 2.30. The molecule has 0 N–H and O–H groups in total. The summed E-state index contributed by atoms with van der Waals surface area (Å²) in [6.07, 6.45) is 2.93. The smallest absolute Gasteiger partial charge is 0.195 e. The van der Waals surface area contributed by atoms with E-state index >= 15 is 0 Å². The predicted octanol–water partition coefficient (Wildman–Crippen LogP) is 4.00. The molecule has 0 aliphatic heterocycles. The van der Waals surface area contributed by atoms with Crippen LogP contribution < -0.4 is 0 Å². The fourth-order valence-corrected chi connectivity index (χ4v) is 2.67. The molecule has 0 heterocycles. The van der Waals surface area contributed by atoms with Gasteiger partial charge in [-0.15, -0.1) is 0 Å². The number of ketones is 2. The van der Waals surface area contributed by atoms with Gasteiger partial charge in [0.15, 0.2) is 11.6 Å². The van der Waals surface area contributed by atoms with Crippen LogP contribution in [0.25, 0.3) is 0 Å². The maximum atomic E-state index is 12.7. The summed E-state index contributed by atoms with van der Waals surface area (Å²) in [5.74, 6) is 5.96. The van der Waals surface area contributed by atoms with Crippen molar-refractivity contribution in [2.24, 2.45) is 0 Å². The zero-order valence-corrected chi connectivity index (χ0v) is 12.5. The highest BCUT2D eigenvalue weighted by Crippen LogP contribution is 2.29. The van der Waals surface area contributed by atoms with Gasteiger partial charge in [0.25, 0.3) is 0 Å². The summed E-state index contributed by atoms with van der Waals surface area (Å²) in [6.45, 7) is 2.12. The fourth-order valence-electron chi connectivity index (χ4n) is 2.67. The third kappa shape index (κ3) is 2.35. The molecule has 0 bridgehead atoms. The Labute approximate surface area is 130 Å². The third-order valence-corrected chi connectivity index (χ3v) is 3.83. The molecular formula is C20H16O2. The average Bonchev–Trinajstić information content (AvgIpc) is 2.56. The van der Waals surface area contributed by atoms with E-state index in [-0.39, 0.29) is 11.6 Å². The Kier molecular flexibility index (Phi) is 3.89. The zero-order chi connectivity index (χ0) is 15.5. The van der Waals surface area contributed by atoms with E-state index in [1.54, 1.807) is 36.4 Å². The van der Waals surface area contributed by atoms with Gasteiger partial charge in [0.2, 0.25) is 0 Å². The lowest BCUT2D eigenvalue weighted by Gasteiger charge is -2.18. The largest absolute Gasteiger partial charge is 0.289 e. The van der Waals surface area contributed by atoms with E-state index in [2.05, 4.69) is 18.8 Å². The summed E-state index contributed by atoms with van der Waals surface area (Å²) in [6, 6.07) is 12.3. The Hall–Kier alpha value is -2.66. The van der Waals surface area contributed by atoms with Gasteiger partial charge in [-0.1, -0.05) is 61.6 Å². The van der Waals surface area contributed by atoms with E-state index in [9.17, 15) is 9.59 Å². The molecule has 0 saturated carbocycles. The first kappa shape index (κ1) is 14.3. The lowest BCUT2D eigenvalue weighted by Crippen LogP contribution is -2.21. The SMILES string of the molecule is CCCCC#Cc1cccc2c1C(=O)c1ccccc1C2=O. The van der Waals surface area contributed by atoms with Gasteiger partial charge in [-0.05, 0) is 12.5 Å². The number of rotatable bonds is 2. The van der Waals surface area contributed by atoms with Gasteiger partial charge >= 0.3 is 0 Å². The molecule has 0 atom stereocenters. The van der Waals surface area contributed by atoms with E-state index in [0.29, 0.717) is 27.8 Å². The Morgan fingerprint density at radius 3 is 2.27 bits per heavy atom. The molecule has 0 unspecified atom stereocenters. The molecule has 22 heavy (non-hydrogen) atoms. The number of fused-ring (bicyclic) bond motifs is 2. The van der Waals surface area contributed by atoms with Gasteiger partial charge in [0, 0.05) is 34.2 Å². The standard InChI is InChI=1S/C20H16O2/c1-2-3-4-5-9-14-10-8-13-17-18(14)20(22)16-12-7-6-11-15(16)19(17)21/h6-8,10-13H,2-4H2,1H3. The van der Waals surface area contributed by atoms with Crippen molar-refractivity contribution >= 4 is 11.6 Å². The van der Waals surface area contributed by atoms with E-state index in [4.69, 9.17) is 0 Å². The molecular weight excluding hydrogens is 272 g/mol. The van der Waals surface area contributed by atoms with Crippen LogP contribution in [0, 0.1) is 11.8 Å². The van der Waals surface area contributed by atoms with Crippen LogP contribution in [-0.4, -0.2) is 11.6 Å². The van der Waals surface area contributed by atoms with E-state index in [1.807, 2.05) is 6.07 Å². The minimum atomic E-state index is -0.106. The highest BCUT2D eigenvalue weighted by atomic mass is 16.1. The van der Waals surface area contributed by atoms with Crippen molar-refractivity contribution in [3.63, 3.8) is 0 Å². The molecule has 0 spiro atoms. The maximum absolute atomic E-state index is 12.7. The molecule has 2 heteroatoms. The number of carbonyl (C=O) groups excluding carboxylic acids is 2. The maximum Gasteiger partial charge on any atom is 0.195 e. The van der Waals surface area contributed by atoms with Gasteiger partial charge in [-0.2, -0.15) is 0 Å². The van der Waals surface area contributed by atoms with Crippen LogP contribution in [0.4, 0.5) is 0 Å². The van der Waals surface area contributed by atoms with Crippen molar-refractivity contribution in [1.29, 1.82) is 0 Å². The van der Waals surface area contributed by atoms with Crippen LogP contribution >= 0.6 is 0 Å². The number of carbonyl (C=O) groups is 2. The van der Waals surface area contributed by atoms with Crippen molar-refractivity contribution in [2.45, 2.75) is 26.2 Å². The van der Waals surface area contributed by atoms with Gasteiger partial charge in [0.05, 0.1) is 0 Å². The summed E-state index contributed by atoms with van der Waals surface area (Å²) in [7, 11) is 0. The van der Waals surface area contributed by atoms with Gasteiger partial charge < -0.3 is 0 Å². The first-order chi connectivity index (χ1) is 10.7. The summed E-state index contributed by atoms with van der Waals surface area (Å²) >= 11 is 0. The first-order valence-electron chi connectivity index (χ1n) is 7.54. The average molecular weight is 288 g/mol. The summed E-state index contributed by atoms with van der Waals surface area (Å²) in [5, 5.41) is 0. The second-order valence-corrected chi connectivity index (χ2v) is 5.34. The first-order valence-corrected chi connectivity index (χ1v) is 7.54. The quantitative estimate of drug-likeness (QED) is 0.527. The van der Waals surface area contributed by atoms with Crippen LogP contribution in [0.1, 0.15) is 63.6 Å². The minimum Gasteiger partial charge on any atom is -0.289 e. The number of hydrogen-bond donors (Lipinski definition) is 0. The summed E-state index contributed by atoms with van der Waals surface area (Å²) in [4.78, 5) is 25.3. The lowest BCUT2D eigenvalue weighted by molar-refractivity contribution is 0.0979. The number of benzene rings is 2. The second-order valence-electron chi connectivity index (χ2n) is 5.34. The zero-order valence-electron chi connectivity index (χ0n) is 12.5. The van der Waals surface area contributed by atoms with Crippen molar-refractivity contribution in [3.05, 3.63) is 70.3 Å². The Bertz CT molecular complexity index is 819. The Morgan fingerprint density at radius 1 is 0.864 bits per heavy atom.